The lowest BCUT2D eigenvalue weighted by Crippen LogP contribution is -2.30. The third-order valence-electron chi connectivity index (χ3n) is 4.60. The molecule has 0 aromatic heterocycles. The summed E-state index contributed by atoms with van der Waals surface area (Å²) >= 11 is 12.2. The van der Waals surface area contributed by atoms with Gasteiger partial charge in [-0.15, -0.1) is 0 Å². The predicted octanol–water partition coefficient (Wildman–Crippen LogP) is 4.27. The maximum Gasteiger partial charge on any atom is 0.254 e. The van der Waals surface area contributed by atoms with Crippen LogP contribution in [0.4, 0.5) is 0 Å². The van der Waals surface area contributed by atoms with Gasteiger partial charge in [0.1, 0.15) is 0 Å². The highest BCUT2D eigenvalue weighted by atomic mass is 35.5. The van der Waals surface area contributed by atoms with Crippen molar-refractivity contribution < 1.29 is 13.2 Å². The molecule has 1 fully saturated rings. The van der Waals surface area contributed by atoms with Gasteiger partial charge in [-0.05, 0) is 55.7 Å². The van der Waals surface area contributed by atoms with Crippen molar-refractivity contribution in [3.63, 3.8) is 0 Å². The van der Waals surface area contributed by atoms with Crippen LogP contribution in [-0.4, -0.2) is 32.3 Å². The van der Waals surface area contributed by atoms with Gasteiger partial charge in [0.05, 0.1) is 10.9 Å². The minimum absolute atomic E-state index is 0.00380. The van der Waals surface area contributed by atoms with Gasteiger partial charge in [0.2, 0.25) is 10.0 Å². The first kappa shape index (κ1) is 20.1. The summed E-state index contributed by atoms with van der Waals surface area (Å²) in [4.78, 5) is 14.5. The Morgan fingerprint density at radius 3 is 2.52 bits per heavy atom. The number of nitrogens with zero attached hydrogens (tertiary/aromatic N) is 1. The fourth-order valence-corrected chi connectivity index (χ4v) is 4.63. The molecule has 1 saturated carbocycles. The largest absolute Gasteiger partial charge is 0.335 e. The van der Waals surface area contributed by atoms with Gasteiger partial charge < -0.3 is 4.90 Å². The third kappa shape index (κ3) is 4.63. The monoisotopic (exact) mass is 426 g/mol. The van der Waals surface area contributed by atoms with Gasteiger partial charge in [-0.3, -0.25) is 4.79 Å². The van der Waals surface area contributed by atoms with E-state index in [4.69, 9.17) is 23.2 Å². The van der Waals surface area contributed by atoms with E-state index in [2.05, 4.69) is 4.72 Å². The average molecular weight is 427 g/mol. The normalized spacial score (nSPS) is 15.4. The van der Waals surface area contributed by atoms with Crippen LogP contribution in [0.3, 0.4) is 0 Å². The Morgan fingerprint density at radius 1 is 1.19 bits per heavy atom. The molecule has 0 unspecified atom stereocenters. The van der Waals surface area contributed by atoms with Gasteiger partial charge in [-0.2, -0.15) is 0 Å². The molecule has 5 nitrogen and oxygen atoms in total. The highest BCUT2D eigenvalue weighted by molar-refractivity contribution is 7.89. The molecule has 0 aliphatic heterocycles. The van der Waals surface area contributed by atoms with Crippen LogP contribution >= 0.6 is 23.2 Å². The molecular formula is C19H20Cl2N2O3S. The van der Waals surface area contributed by atoms with E-state index in [-0.39, 0.29) is 22.9 Å². The van der Waals surface area contributed by atoms with Crippen molar-refractivity contribution in [2.45, 2.75) is 36.7 Å². The van der Waals surface area contributed by atoms with Crippen molar-refractivity contribution in [3.8, 4) is 0 Å². The Hall–Kier alpha value is -1.60. The minimum Gasteiger partial charge on any atom is -0.335 e. The third-order valence-corrected chi connectivity index (χ3v) is 6.68. The van der Waals surface area contributed by atoms with Gasteiger partial charge >= 0.3 is 0 Å². The van der Waals surface area contributed by atoms with Gasteiger partial charge in [0, 0.05) is 28.7 Å². The van der Waals surface area contributed by atoms with Crippen molar-refractivity contribution >= 4 is 39.1 Å². The Labute approximate surface area is 169 Å². The minimum atomic E-state index is -3.62. The molecule has 1 aliphatic carbocycles. The van der Waals surface area contributed by atoms with Crippen molar-refractivity contribution in [2.24, 2.45) is 0 Å². The molecule has 3 rings (SSSR count). The number of amides is 1. The second-order valence-electron chi connectivity index (χ2n) is 6.68. The first-order valence-corrected chi connectivity index (χ1v) is 10.8. The highest BCUT2D eigenvalue weighted by Gasteiger charge is 2.29. The van der Waals surface area contributed by atoms with Crippen molar-refractivity contribution in [1.29, 1.82) is 0 Å². The molecule has 1 atom stereocenters. The van der Waals surface area contributed by atoms with Gasteiger partial charge in [0.15, 0.2) is 0 Å². The summed E-state index contributed by atoms with van der Waals surface area (Å²) in [6.45, 7) is 1.85. The average Bonchev–Trinajstić information content (AvgIpc) is 3.43. The molecule has 144 valence electrons. The number of hydrogen-bond donors (Lipinski definition) is 1. The molecule has 1 N–H and O–H groups in total. The van der Waals surface area contributed by atoms with Crippen LogP contribution in [0.1, 0.15) is 41.7 Å². The second-order valence-corrected chi connectivity index (χ2v) is 9.24. The van der Waals surface area contributed by atoms with E-state index in [1.807, 2.05) is 6.92 Å². The molecule has 0 bridgehead atoms. The van der Waals surface area contributed by atoms with Crippen LogP contribution in [0.15, 0.2) is 47.4 Å². The first-order chi connectivity index (χ1) is 12.7. The number of hydrogen-bond acceptors (Lipinski definition) is 3. The van der Waals surface area contributed by atoms with Crippen LogP contribution < -0.4 is 4.72 Å². The van der Waals surface area contributed by atoms with Crippen LogP contribution in [0.5, 0.6) is 0 Å². The van der Waals surface area contributed by atoms with E-state index in [0.717, 1.165) is 18.4 Å². The lowest BCUT2D eigenvalue weighted by molar-refractivity contribution is 0.0742. The zero-order valence-corrected chi connectivity index (χ0v) is 17.3. The first-order valence-electron chi connectivity index (χ1n) is 8.53. The number of sulfonamides is 1. The Kier molecular flexibility index (Phi) is 5.82. The van der Waals surface area contributed by atoms with Crippen molar-refractivity contribution in [3.05, 3.63) is 63.6 Å². The summed E-state index contributed by atoms with van der Waals surface area (Å²) in [6, 6.07) is 10.9. The van der Waals surface area contributed by atoms with Crippen molar-refractivity contribution in [2.75, 3.05) is 7.05 Å². The van der Waals surface area contributed by atoms with Gasteiger partial charge in [-0.25, -0.2) is 13.1 Å². The number of benzene rings is 2. The summed E-state index contributed by atoms with van der Waals surface area (Å²) in [6.07, 6.45) is 1.69. The molecule has 1 aliphatic rings. The molecule has 1 amide bonds. The van der Waals surface area contributed by atoms with Gasteiger partial charge in [0.25, 0.3) is 5.91 Å². The van der Waals surface area contributed by atoms with E-state index in [0.29, 0.717) is 15.6 Å². The van der Waals surface area contributed by atoms with Crippen LogP contribution in [0, 0.1) is 0 Å². The predicted molar refractivity (Wildman–Crippen MR) is 107 cm³/mol. The molecule has 0 spiro atoms. The lowest BCUT2D eigenvalue weighted by atomic mass is 10.1. The molecular weight excluding hydrogens is 407 g/mol. The van der Waals surface area contributed by atoms with E-state index in [1.54, 1.807) is 37.4 Å². The Balaban J connectivity index is 1.83. The molecule has 2 aromatic rings. The topological polar surface area (TPSA) is 66.5 Å². The van der Waals surface area contributed by atoms with Crippen molar-refractivity contribution in [1.82, 2.24) is 9.62 Å². The summed E-state index contributed by atoms with van der Waals surface area (Å²) in [5, 5.41) is 0.991. The molecule has 0 radical (unpaired) electrons. The number of carbonyl (C=O) groups is 1. The zero-order valence-electron chi connectivity index (χ0n) is 14.9. The molecule has 2 aromatic carbocycles. The SMILES string of the molecule is C[C@H](c1ccc(Cl)cc1Cl)N(C)C(=O)c1cccc(S(=O)(=O)NC2CC2)c1. The highest BCUT2D eigenvalue weighted by Crippen LogP contribution is 2.30. The van der Waals surface area contributed by atoms with Crippen LogP contribution in [-0.2, 0) is 10.0 Å². The number of rotatable bonds is 6. The maximum absolute atomic E-state index is 12.9. The number of carbonyl (C=O) groups excluding carboxylic acids is 1. The summed E-state index contributed by atoms with van der Waals surface area (Å²) in [7, 11) is -1.96. The van der Waals surface area contributed by atoms with Gasteiger partial charge in [-0.1, -0.05) is 35.3 Å². The Bertz CT molecular complexity index is 975. The number of halogens is 2. The quantitative estimate of drug-likeness (QED) is 0.749. The Morgan fingerprint density at radius 2 is 1.89 bits per heavy atom. The fourth-order valence-electron chi connectivity index (χ4n) is 2.71. The number of nitrogens with one attached hydrogen (secondary N) is 1. The van der Waals surface area contributed by atoms with E-state index < -0.39 is 10.0 Å². The molecule has 0 heterocycles. The summed E-state index contributed by atoms with van der Waals surface area (Å²) in [5.41, 5.74) is 1.06. The molecule has 8 heteroatoms. The van der Waals surface area contributed by atoms with Crippen LogP contribution in [0.2, 0.25) is 10.0 Å². The fraction of sp³-hybridized carbons (Fsp3) is 0.316. The molecule has 27 heavy (non-hydrogen) atoms. The zero-order chi connectivity index (χ0) is 19.8. The summed E-state index contributed by atoms with van der Waals surface area (Å²) in [5.74, 6) is -0.294. The van der Waals surface area contributed by atoms with Crippen LogP contribution in [0.25, 0.3) is 0 Å². The van der Waals surface area contributed by atoms with E-state index >= 15 is 0 Å². The maximum atomic E-state index is 12.9. The standard InChI is InChI=1S/C19H20Cl2N2O3S/c1-12(17-9-6-14(20)11-18(17)21)23(2)19(24)13-4-3-5-16(10-13)27(25,26)22-15-7-8-15/h3-6,9-12,15,22H,7-8H2,1-2H3/t12-/m1/s1. The molecule has 0 saturated heterocycles. The smallest absolute Gasteiger partial charge is 0.254 e. The summed E-state index contributed by atoms with van der Waals surface area (Å²) < 4.78 is 27.4. The lowest BCUT2D eigenvalue weighted by Gasteiger charge is -2.26. The van der Waals surface area contributed by atoms with E-state index in [9.17, 15) is 13.2 Å². The van der Waals surface area contributed by atoms with E-state index in [1.165, 1.54) is 17.0 Å². The second kappa shape index (κ2) is 7.80.